The van der Waals surface area contributed by atoms with Gasteiger partial charge < -0.3 is 5.32 Å². The number of sulfone groups is 1. The highest BCUT2D eigenvalue weighted by molar-refractivity contribution is 8.00. The number of thioether (sulfide) groups is 1. The topological polar surface area (TPSA) is 46.2 Å². The van der Waals surface area contributed by atoms with Gasteiger partial charge in [0.15, 0.2) is 0 Å². The van der Waals surface area contributed by atoms with Crippen molar-refractivity contribution in [1.29, 1.82) is 0 Å². The molecule has 5 heteroatoms. The van der Waals surface area contributed by atoms with E-state index in [0.29, 0.717) is 6.04 Å². The Hall–Kier alpha value is 0.260. The van der Waals surface area contributed by atoms with Crippen LogP contribution in [0.4, 0.5) is 0 Å². The van der Waals surface area contributed by atoms with E-state index in [9.17, 15) is 8.42 Å². The standard InChI is InChI=1S/C12H23NO2S2/c1-17(14,15)12-6-2-4-10(8-12)13-9-11-5-3-7-16-11/h10-13H,2-9H2,1H3. The minimum atomic E-state index is -2.84. The SMILES string of the molecule is CS(=O)(=O)C1CCCC(NCC2CCCS2)C1. The summed E-state index contributed by atoms with van der Waals surface area (Å²) in [6, 6.07) is 0.421. The fourth-order valence-corrected chi connectivity index (χ4v) is 5.21. The third-order valence-corrected chi connectivity index (χ3v) is 6.93. The summed E-state index contributed by atoms with van der Waals surface area (Å²) in [5, 5.41) is 4.23. The van der Waals surface area contributed by atoms with Gasteiger partial charge in [0.05, 0.1) is 5.25 Å². The lowest BCUT2D eigenvalue weighted by Gasteiger charge is -2.29. The van der Waals surface area contributed by atoms with E-state index in [1.165, 1.54) is 24.9 Å². The molecule has 0 aromatic carbocycles. The van der Waals surface area contributed by atoms with E-state index < -0.39 is 9.84 Å². The molecule has 3 unspecified atom stereocenters. The Balaban J connectivity index is 1.77. The monoisotopic (exact) mass is 277 g/mol. The van der Waals surface area contributed by atoms with Crippen molar-refractivity contribution in [1.82, 2.24) is 5.32 Å². The molecule has 1 N–H and O–H groups in total. The summed E-state index contributed by atoms with van der Waals surface area (Å²) in [6.07, 6.45) is 7.91. The molecule has 0 bridgehead atoms. The van der Waals surface area contributed by atoms with E-state index in [0.717, 1.165) is 37.5 Å². The Morgan fingerprint density at radius 1 is 1.24 bits per heavy atom. The molecule has 3 atom stereocenters. The van der Waals surface area contributed by atoms with Gasteiger partial charge in [-0.3, -0.25) is 0 Å². The second-order valence-electron chi connectivity index (χ2n) is 5.36. The minimum Gasteiger partial charge on any atom is -0.313 e. The predicted octanol–water partition coefficient (Wildman–Crippen LogP) is 1.83. The van der Waals surface area contributed by atoms with Crippen molar-refractivity contribution in [2.24, 2.45) is 0 Å². The molecule has 0 aromatic rings. The molecule has 3 nitrogen and oxygen atoms in total. The zero-order valence-electron chi connectivity index (χ0n) is 10.5. The van der Waals surface area contributed by atoms with Crippen molar-refractivity contribution in [3.05, 3.63) is 0 Å². The largest absolute Gasteiger partial charge is 0.313 e. The first-order chi connectivity index (χ1) is 8.05. The number of hydrogen-bond donors (Lipinski definition) is 1. The van der Waals surface area contributed by atoms with Crippen LogP contribution < -0.4 is 5.32 Å². The van der Waals surface area contributed by atoms with Crippen LogP contribution in [0.3, 0.4) is 0 Å². The molecule has 0 radical (unpaired) electrons. The van der Waals surface area contributed by atoms with Gasteiger partial charge in [-0.1, -0.05) is 6.42 Å². The average Bonchev–Trinajstić information content (AvgIpc) is 2.78. The van der Waals surface area contributed by atoms with E-state index in [1.807, 2.05) is 0 Å². The highest BCUT2D eigenvalue weighted by Gasteiger charge is 2.29. The summed E-state index contributed by atoms with van der Waals surface area (Å²) in [5.74, 6) is 1.29. The third-order valence-electron chi connectivity index (χ3n) is 3.89. The van der Waals surface area contributed by atoms with E-state index in [1.54, 1.807) is 0 Å². The van der Waals surface area contributed by atoms with Gasteiger partial charge in [-0.25, -0.2) is 8.42 Å². The van der Waals surface area contributed by atoms with Crippen molar-refractivity contribution >= 4 is 21.6 Å². The van der Waals surface area contributed by atoms with Crippen molar-refractivity contribution in [2.45, 2.75) is 55.1 Å². The lowest BCUT2D eigenvalue weighted by Crippen LogP contribution is -2.41. The number of nitrogens with one attached hydrogen (secondary N) is 1. The minimum absolute atomic E-state index is 0.106. The van der Waals surface area contributed by atoms with Crippen molar-refractivity contribution in [3.63, 3.8) is 0 Å². The molecule has 1 aliphatic heterocycles. The zero-order chi connectivity index (χ0) is 12.3. The Morgan fingerprint density at radius 2 is 2.06 bits per heavy atom. The van der Waals surface area contributed by atoms with Gasteiger partial charge in [0.25, 0.3) is 0 Å². The first-order valence-corrected chi connectivity index (χ1v) is 9.60. The Kier molecular flexibility index (Phi) is 4.78. The molecule has 2 aliphatic rings. The van der Waals surface area contributed by atoms with Crippen LogP contribution >= 0.6 is 11.8 Å². The van der Waals surface area contributed by atoms with E-state index >= 15 is 0 Å². The van der Waals surface area contributed by atoms with Crippen LogP contribution in [0, 0.1) is 0 Å². The maximum Gasteiger partial charge on any atom is 0.150 e. The van der Waals surface area contributed by atoms with Crippen LogP contribution in [0.5, 0.6) is 0 Å². The first-order valence-electron chi connectivity index (χ1n) is 6.59. The summed E-state index contributed by atoms with van der Waals surface area (Å²) in [6.45, 7) is 1.06. The van der Waals surface area contributed by atoms with E-state index in [2.05, 4.69) is 17.1 Å². The van der Waals surface area contributed by atoms with Gasteiger partial charge in [0.1, 0.15) is 9.84 Å². The Morgan fingerprint density at radius 3 is 2.71 bits per heavy atom. The summed E-state index contributed by atoms with van der Waals surface area (Å²) < 4.78 is 23.1. The average molecular weight is 277 g/mol. The number of rotatable bonds is 4. The van der Waals surface area contributed by atoms with Gasteiger partial charge in [-0.15, -0.1) is 0 Å². The normalized spacial score (nSPS) is 35.0. The lowest BCUT2D eigenvalue weighted by molar-refractivity contribution is 0.372. The zero-order valence-corrected chi connectivity index (χ0v) is 12.2. The Labute approximate surface area is 109 Å². The molecule has 1 aliphatic carbocycles. The molecular weight excluding hydrogens is 254 g/mol. The van der Waals surface area contributed by atoms with E-state index in [4.69, 9.17) is 0 Å². The molecule has 2 fully saturated rings. The first kappa shape index (κ1) is 13.7. The molecule has 0 spiro atoms. The van der Waals surface area contributed by atoms with Crippen molar-refractivity contribution < 1.29 is 8.42 Å². The van der Waals surface area contributed by atoms with Crippen LogP contribution in [0.25, 0.3) is 0 Å². The Bertz CT molecular complexity index is 336. The molecule has 1 saturated carbocycles. The second kappa shape index (κ2) is 5.93. The maximum absolute atomic E-state index is 11.6. The van der Waals surface area contributed by atoms with Crippen LogP contribution in [-0.4, -0.2) is 43.5 Å². The van der Waals surface area contributed by atoms with Crippen LogP contribution in [0.15, 0.2) is 0 Å². The summed E-state index contributed by atoms with van der Waals surface area (Å²) in [4.78, 5) is 0. The highest BCUT2D eigenvalue weighted by atomic mass is 32.2. The summed E-state index contributed by atoms with van der Waals surface area (Å²) in [5.41, 5.74) is 0. The molecule has 0 amide bonds. The fraction of sp³-hybridized carbons (Fsp3) is 1.00. The summed E-state index contributed by atoms with van der Waals surface area (Å²) in [7, 11) is -2.84. The smallest absolute Gasteiger partial charge is 0.150 e. The van der Waals surface area contributed by atoms with Gasteiger partial charge in [0.2, 0.25) is 0 Å². The molecule has 17 heavy (non-hydrogen) atoms. The molecule has 2 rings (SSSR count). The predicted molar refractivity (Wildman–Crippen MR) is 74.4 cm³/mol. The quantitative estimate of drug-likeness (QED) is 0.851. The van der Waals surface area contributed by atoms with Gasteiger partial charge in [0, 0.05) is 24.1 Å². The van der Waals surface area contributed by atoms with Gasteiger partial charge in [-0.05, 0) is 37.9 Å². The molecule has 1 heterocycles. The van der Waals surface area contributed by atoms with Crippen LogP contribution in [-0.2, 0) is 9.84 Å². The number of hydrogen-bond acceptors (Lipinski definition) is 4. The van der Waals surface area contributed by atoms with Crippen molar-refractivity contribution in [2.75, 3.05) is 18.6 Å². The van der Waals surface area contributed by atoms with Gasteiger partial charge >= 0.3 is 0 Å². The molecule has 100 valence electrons. The second-order valence-corrected chi connectivity index (χ2v) is 9.09. The molecule has 0 aromatic heterocycles. The van der Waals surface area contributed by atoms with Crippen LogP contribution in [0.1, 0.15) is 38.5 Å². The summed E-state index contributed by atoms with van der Waals surface area (Å²) >= 11 is 2.06. The maximum atomic E-state index is 11.6. The fourth-order valence-electron chi connectivity index (χ4n) is 2.82. The van der Waals surface area contributed by atoms with Crippen LogP contribution in [0.2, 0.25) is 0 Å². The van der Waals surface area contributed by atoms with Crippen molar-refractivity contribution in [3.8, 4) is 0 Å². The lowest BCUT2D eigenvalue weighted by atomic mass is 9.95. The van der Waals surface area contributed by atoms with Gasteiger partial charge in [-0.2, -0.15) is 11.8 Å². The van der Waals surface area contributed by atoms with E-state index in [-0.39, 0.29) is 5.25 Å². The third kappa shape index (κ3) is 4.14. The highest BCUT2D eigenvalue weighted by Crippen LogP contribution is 2.27. The molecule has 1 saturated heterocycles. The molecular formula is C12H23NO2S2.